The van der Waals surface area contributed by atoms with Crippen molar-refractivity contribution < 1.29 is 26.9 Å². The van der Waals surface area contributed by atoms with Crippen molar-refractivity contribution in [1.29, 1.82) is 0 Å². The summed E-state index contributed by atoms with van der Waals surface area (Å²) in [6.45, 7) is -2.42. The molecule has 11 heteroatoms. The van der Waals surface area contributed by atoms with Crippen LogP contribution in [0.25, 0.3) is 0 Å². The Hall–Kier alpha value is -2.98. The molecule has 0 aromatic heterocycles. The summed E-state index contributed by atoms with van der Waals surface area (Å²) < 4.78 is 54.8. The normalized spacial score (nSPS) is 15.8. The topological polar surface area (TPSA) is 126 Å². The van der Waals surface area contributed by atoms with Crippen molar-refractivity contribution in [2.45, 2.75) is 49.5 Å². The summed E-state index contributed by atoms with van der Waals surface area (Å²) in [6.07, 6.45) is 5.15. The van der Waals surface area contributed by atoms with Gasteiger partial charge in [0, 0.05) is 23.7 Å². The average Bonchev–Trinajstić information content (AvgIpc) is 2.85. The van der Waals surface area contributed by atoms with E-state index in [0.717, 1.165) is 37.7 Å². The molecular weight excluding hydrogens is 492 g/mol. The third-order valence-electron chi connectivity index (χ3n) is 5.79. The molecule has 0 aliphatic heterocycles. The molecule has 0 unspecified atom stereocenters. The molecule has 0 heterocycles. The second-order valence-corrected chi connectivity index (χ2v) is 10.3. The van der Waals surface area contributed by atoms with Crippen LogP contribution >= 0.6 is 11.6 Å². The number of urea groups is 1. The molecule has 0 saturated heterocycles. The Labute approximate surface area is 215 Å². The lowest BCUT2D eigenvalue weighted by atomic mass is 9.96. The number of carbonyl (C=O) groups is 2. The molecule has 1 aliphatic carbocycles. The van der Waals surface area contributed by atoms with Crippen molar-refractivity contribution in [2.75, 3.05) is 25.9 Å². The van der Waals surface area contributed by atoms with Crippen LogP contribution in [0.15, 0.2) is 41.3 Å². The van der Waals surface area contributed by atoms with E-state index in [9.17, 15) is 18.0 Å². The van der Waals surface area contributed by atoms with Crippen LogP contribution in [0.2, 0.25) is 5.02 Å². The van der Waals surface area contributed by atoms with Crippen molar-refractivity contribution in [3.05, 3.63) is 52.5 Å². The lowest BCUT2D eigenvalue weighted by Crippen LogP contribution is -2.45. The predicted octanol–water partition coefficient (Wildman–Crippen LogP) is 3.68. The van der Waals surface area contributed by atoms with Gasteiger partial charge in [0.25, 0.3) is 15.9 Å². The summed E-state index contributed by atoms with van der Waals surface area (Å²) in [7, 11) is -2.69. The standard InChI is InChI=1S/C24H31ClN4O5S/c1-26-22-19(25)12-13-20(34-2)21(22)23(30)27-15-14-16-8-10-18(11-9-16)35(32,33)29-24(31)28-17-6-4-3-5-7-17/h8-13,17,26H,3-7,14-15H2,1-2H3,(H,27,30)(H2,28,29,31)/i1D3. The number of anilines is 1. The monoisotopic (exact) mass is 525 g/mol. The molecule has 2 aromatic carbocycles. The molecule has 0 atom stereocenters. The Morgan fingerprint density at radius 3 is 2.49 bits per heavy atom. The van der Waals surface area contributed by atoms with Crippen molar-refractivity contribution in [2.24, 2.45) is 0 Å². The molecule has 3 rings (SSSR count). The number of rotatable bonds is 9. The Morgan fingerprint density at radius 1 is 1.11 bits per heavy atom. The smallest absolute Gasteiger partial charge is 0.328 e. The fraction of sp³-hybridized carbons (Fsp3) is 0.417. The van der Waals surface area contributed by atoms with Crippen LogP contribution in [0, 0.1) is 0 Å². The highest BCUT2D eigenvalue weighted by atomic mass is 35.5. The SMILES string of the molecule is [2H]C([2H])([2H])Nc1c(Cl)ccc(OC)c1C(=O)NCCc1ccc(S(=O)(=O)NC(=O)NC2CCCCC2)cc1. The third-order valence-corrected chi connectivity index (χ3v) is 7.45. The summed E-state index contributed by atoms with van der Waals surface area (Å²) in [6, 6.07) is 8.05. The fourth-order valence-electron chi connectivity index (χ4n) is 3.96. The molecule has 0 spiro atoms. The van der Waals surface area contributed by atoms with Crippen molar-refractivity contribution >= 4 is 39.2 Å². The van der Waals surface area contributed by atoms with E-state index in [1.54, 1.807) is 12.1 Å². The minimum Gasteiger partial charge on any atom is -0.496 e. The largest absolute Gasteiger partial charge is 0.496 e. The molecule has 0 bridgehead atoms. The maximum absolute atomic E-state index is 12.9. The lowest BCUT2D eigenvalue weighted by molar-refractivity contribution is 0.0952. The molecule has 190 valence electrons. The fourth-order valence-corrected chi connectivity index (χ4v) is 5.08. The highest BCUT2D eigenvalue weighted by Gasteiger charge is 2.22. The summed E-state index contributed by atoms with van der Waals surface area (Å²) in [5.41, 5.74) is 0.614. The molecule has 1 aliphatic rings. The molecule has 1 fully saturated rings. The van der Waals surface area contributed by atoms with Gasteiger partial charge in [0.1, 0.15) is 11.3 Å². The summed E-state index contributed by atoms with van der Waals surface area (Å²) in [5.74, 6) is -0.447. The number of hydrogen-bond donors (Lipinski definition) is 4. The molecular formula is C24H31ClN4O5S. The first-order chi connectivity index (χ1) is 17.9. The zero-order valence-corrected chi connectivity index (χ0v) is 20.9. The molecule has 2 aromatic rings. The number of halogens is 1. The van der Waals surface area contributed by atoms with Crippen LogP contribution in [-0.2, 0) is 16.4 Å². The number of sulfonamides is 1. The van der Waals surface area contributed by atoms with Crippen LogP contribution in [0.3, 0.4) is 0 Å². The van der Waals surface area contributed by atoms with Crippen LogP contribution in [-0.4, -0.2) is 47.0 Å². The second kappa shape index (κ2) is 12.1. The van der Waals surface area contributed by atoms with Gasteiger partial charge in [-0.3, -0.25) is 4.79 Å². The summed E-state index contributed by atoms with van der Waals surface area (Å²) in [5, 5.41) is 7.73. The van der Waals surface area contributed by atoms with Gasteiger partial charge in [-0.1, -0.05) is 43.0 Å². The second-order valence-electron chi connectivity index (χ2n) is 8.19. The molecule has 35 heavy (non-hydrogen) atoms. The van der Waals surface area contributed by atoms with Crippen LogP contribution in [0.1, 0.15) is 52.1 Å². The number of hydrogen-bond acceptors (Lipinski definition) is 6. The maximum atomic E-state index is 12.9. The van der Waals surface area contributed by atoms with E-state index in [2.05, 4.69) is 16.0 Å². The van der Waals surface area contributed by atoms with Crippen molar-refractivity contribution in [3.8, 4) is 5.75 Å². The molecule has 3 amide bonds. The Balaban J connectivity index is 1.59. The van der Waals surface area contributed by atoms with Crippen molar-refractivity contribution in [3.63, 3.8) is 0 Å². The lowest BCUT2D eigenvalue weighted by Gasteiger charge is -2.22. The Kier molecular flexibility index (Phi) is 7.79. The number of ether oxygens (including phenoxy) is 1. The Bertz CT molecular complexity index is 1250. The van der Waals surface area contributed by atoms with Gasteiger partial charge < -0.3 is 20.7 Å². The van der Waals surface area contributed by atoms with Gasteiger partial charge in [0.05, 0.1) is 22.7 Å². The minimum atomic E-state index is -4.04. The van der Waals surface area contributed by atoms with Gasteiger partial charge in [0.15, 0.2) is 0 Å². The van der Waals surface area contributed by atoms with E-state index < -0.39 is 28.9 Å². The number of amides is 3. The first-order valence-corrected chi connectivity index (χ1v) is 13.1. The number of methoxy groups -OCH3 is 1. The van der Waals surface area contributed by atoms with Gasteiger partial charge >= 0.3 is 6.03 Å². The highest BCUT2D eigenvalue weighted by molar-refractivity contribution is 7.90. The van der Waals surface area contributed by atoms with Crippen LogP contribution in [0.4, 0.5) is 10.5 Å². The van der Waals surface area contributed by atoms with E-state index in [1.165, 1.54) is 31.4 Å². The molecule has 1 saturated carbocycles. The number of nitrogens with one attached hydrogen (secondary N) is 4. The predicted molar refractivity (Wildman–Crippen MR) is 136 cm³/mol. The van der Waals surface area contributed by atoms with E-state index in [1.807, 2.05) is 4.72 Å². The van der Waals surface area contributed by atoms with E-state index >= 15 is 0 Å². The molecule has 4 N–H and O–H groups in total. The van der Waals surface area contributed by atoms with Gasteiger partial charge in [-0.25, -0.2) is 17.9 Å². The van der Waals surface area contributed by atoms with Crippen molar-refractivity contribution in [1.82, 2.24) is 15.4 Å². The Morgan fingerprint density at radius 2 is 1.83 bits per heavy atom. The zero-order valence-electron chi connectivity index (χ0n) is 22.3. The number of carbonyl (C=O) groups excluding carboxylic acids is 2. The third kappa shape index (κ3) is 7.02. The quantitative estimate of drug-likeness (QED) is 0.395. The molecule has 0 radical (unpaired) electrons. The van der Waals surface area contributed by atoms with E-state index in [0.29, 0.717) is 6.42 Å². The zero-order chi connectivity index (χ0) is 27.9. The first kappa shape index (κ1) is 22.5. The van der Waals surface area contributed by atoms with Gasteiger partial charge in [-0.15, -0.1) is 0 Å². The summed E-state index contributed by atoms with van der Waals surface area (Å²) >= 11 is 6.14. The van der Waals surface area contributed by atoms with Gasteiger partial charge in [0.2, 0.25) is 0 Å². The highest BCUT2D eigenvalue weighted by Crippen LogP contribution is 2.33. The van der Waals surface area contributed by atoms with Gasteiger partial charge in [-0.05, 0) is 49.1 Å². The van der Waals surface area contributed by atoms with Crippen LogP contribution in [0.5, 0.6) is 5.75 Å². The average molecular weight is 526 g/mol. The maximum Gasteiger partial charge on any atom is 0.328 e. The minimum absolute atomic E-state index is 0.0243. The number of benzene rings is 2. The molecule has 9 nitrogen and oxygen atoms in total. The first-order valence-electron chi connectivity index (χ1n) is 12.7. The van der Waals surface area contributed by atoms with E-state index in [-0.39, 0.29) is 39.5 Å². The summed E-state index contributed by atoms with van der Waals surface area (Å²) in [4.78, 5) is 25.0. The van der Waals surface area contributed by atoms with E-state index in [4.69, 9.17) is 20.5 Å². The van der Waals surface area contributed by atoms with Crippen LogP contribution < -0.4 is 25.4 Å². The van der Waals surface area contributed by atoms with Gasteiger partial charge in [-0.2, -0.15) is 0 Å².